The van der Waals surface area contributed by atoms with Crippen molar-refractivity contribution >= 4 is 5.69 Å². The molecule has 1 saturated heterocycles. The highest BCUT2D eigenvalue weighted by atomic mass is 14.9. The van der Waals surface area contributed by atoms with Crippen LogP contribution in [0.2, 0.25) is 0 Å². The van der Waals surface area contributed by atoms with E-state index in [1.54, 1.807) is 0 Å². The van der Waals surface area contributed by atoms with Gasteiger partial charge in [0, 0.05) is 12.2 Å². The second kappa shape index (κ2) is 5.54. The van der Waals surface area contributed by atoms with Crippen molar-refractivity contribution in [3.63, 3.8) is 0 Å². The standard InChI is InChI=1S/C15H24N2/c1-11(2)14-6-4-5-12(3)15(14)17-10-13-7-8-16-9-13/h4-6,11,13,16-17H,7-10H2,1-3H3. The van der Waals surface area contributed by atoms with Gasteiger partial charge in [-0.25, -0.2) is 0 Å². The van der Waals surface area contributed by atoms with E-state index in [2.05, 4.69) is 49.6 Å². The normalized spacial score (nSPS) is 19.9. The Morgan fingerprint density at radius 1 is 1.41 bits per heavy atom. The number of rotatable bonds is 4. The summed E-state index contributed by atoms with van der Waals surface area (Å²) < 4.78 is 0. The van der Waals surface area contributed by atoms with Crippen molar-refractivity contribution in [2.75, 3.05) is 25.0 Å². The average Bonchev–Trinajstić information content (AvgIpc) is 2.80. The summed E-state index contributed by atoms with van der Waals surface area (Å²) in [6.07, 6.45) is 1.30. The van der Waals surface area contributed by atoms with Crippen molar-refractivity contribution in [3.05, 3.63) is 29.3 Å². The van der Waals surface area contributed by atoms with Gasteiger partial charge in [0.15, 0.2) is 0 Å². The number of hydrogen-bond donors (Lipinski definition) is 2. The molecule has 1 aliphatic heterocycles. The van der Waals surface area contributed by atoms with Crippen molar-refractivity contribution in [1.82, 2.24) is 5.32 Å². The van der Waals surface area contributed by atoms with Crippen molar-refractivity contribution in [2.45, 2.75) is 33.1 Å². The molecule has 1 aliphatic rings. The summed E-state index contributed by atoms with van der Waals surface area (Å²) in [6, 6.07) is 6.60. The van der Waals surface area contributed by atoms with Gasteiger partial charge in [0.2, 0.25) is 0 Å². The summed E-state index contributed by atoms with van der Waals surface area (Å²) >= 11 is 0. The number of hydrogen-bond acceptors (Lipinski definition) is 2. The minimum atomic E-state index is 0.583. The molecule has 1 fully saturated rings. The number of para-hydroxylation sites is 1. The molecule has 2 nitrogen and oxygen atoms in total. The lowest BCUT2D eigenvalue weighted by molar-refractivity contribution is 0.614. The Kier molecular flexibility index (Phi) is 4.06. The van der Waals surface area contributed by atoms with Crippen LogP contribution >= 0.6 is 0 Å². The monoisotopic (exact) mass is 232 g/mol. The minimum Gasteiger partial charge on any atom is -0.384 e. The molecule has 0 bridgehead atoms. The fourth-order valence-corrected chi connectivity index (χ4v) is 2.55. The molecule has 1 unspecified atom stereocenters. The van der Waals surface area contributed by atoms with Gasteiger partial charge in [-0.1, -0.05) is 32.0 Å². The van der Waals surface area contributed by atoms with Crippen LogP contribution in [0, 0.1) is 12.8 Å². The Bertz CT molecular complexity index is 365. The van der Waals surface area contributed by atoms with E-state index in [0.29, 0.717) is 5.92 Å². The topological polar surface area (TPSA) is 24.1 Å². The summed E-state index contributed by atoms with van der Waals surface area (Å²) in [7, 11) is 0. The van der Waals surface area contributed by atoms with Crippen LogP contribution in [0.5, 0.6) is 0 Å². The SMILES string of the molecule is Cc1cccc(C(C)C)c1NCC1CCNC1. The molecule has 1 aromatic carbocycles. The van der Waals surface area contributed by atoms with Gasteiger partial charge in [-0.05, 0) is 49.4 Å². The first kappa shape index (κ1) is 12.4. The zero-order valence-electron chi connectivity index (χ0n) is 11.2. The lowest BCUT2D eigenvalue weighted by Crippen LogP contribution is -2.18. The van der Waals surface area contributed by atoms with Gasteiger partial charge >= 0.3 is 0 Å². The van der Waals surface area contributed by atoms with Gasteiger partial charge in [-0.2, -0.15) is 0 Å². The minimum absolute atomic E-state index is 0.583. The molecule has 17 heavy (non-hydrogen) atoms. The van der Waals surface area contributed by atoms with E-state index < -0.39 is 0 Å². The third-order valence-corrected chi connectivity index (χ3v) is 3.66. The second-order valence-electron chi connectivity index (χ2n) is 5.43. The van der Waals surface area contributed by atoms with E-state index in [-0.39, 0.29) is 0 Å². The molecule has 1 aromatic rings. The van der Waals surface area contributed by atoms with Crippen LogP contribution in [0.3, 0.4) is 0 Å². The fraction of sp³-hybridized carbons (Fsp3) is 0.600. The van der Waals surface area contributed by atoms with E-state index >= 15 is 0 Å². The highest BCUT2D eigenvalue weighted by Gasteiger charge is 2.15. The number of nitrogens with one attached hydrogen (secondary N) is 2. The van der Waals surface area contributed by atoms with Gasteiger partial charge in [0.1, 0.15) is 0 Å². The lowest BCUT2D eigenvalue weighted by atomic mass is 9.97. The summed E-state index contributed by atoms with van der Waals surface area (Å²) in [5.74, 6) is 1.37. The maximum atomic E-state index is 3.66. The predicted molar refractivity (Wildman–Crippen MR) is 74.7 cm³/mol. The molecular formula is C15H24N2. The summed E-state index contributed by atoms with van der Waals surface area (Å²) in [6.45, 7) is 10.2. The van der Waals surface area contributed by atoms with Crippen LogP contribution < -0.4 is 10.6 Å². The van der Waals surface area contributed by atoms with E-state index in [9.17, 15) is 0 Å². The highest BCUT2D eigenvalue weighted by Crippen LogP contribution is 2.27. The lowest BCUT2D eigenvalue weighted by Gasteiger charge is -2.19. The van der Waals surface area contributed by atoms with Crippen molar-refractivity contribution in [1.29, 1.82) is 0 Å². The van der Waals surface area contributed by atoms with E-state index in [1.165, 1.54) is 29.8 Å². The van der Waals surface area contributed by atoms with E-state index in [0.717, 1.165) is 19.0 Å². The molecule has 0 radical (unpaired) electrons. The van der Waals surface area contributed by atoms with Gasteiger partial charge in [-0.3, -0.25) is 0 Å². The molecule has 2 heteroatoms. The Morgan fingerprint density at radius 2 is 2.24 bits per heavy atom. The van der Waals surface area contributed by atoms with Gasteiger partial charge < -0.3 is 10.6 Å². The molecule has 1 atom stereocenters. The number of aryl methyl sites for hydroxylation is 1. The molecule has 0 spiro atoms. The largest absolute Gasteiger partial charge is 0.384 e. The summed E-state index contributed by atoms with van der Waals surface area (Å²) in [4.78, 5) is 0. The first-order valence-electron chi connectivity index (χ1n) is 6.72. The number of anilines is 1. The summed E-state index contributed by atoms with van der Waals surface area (Å²) in [5.41, 5.74) is 4.16. The molecule has 0 aliphatic carbocycles. The van der Waals surface area contributed by atoms with Crippen LogP contribution in [0.25, 0.3) is 0 Å². The third-order valence-electron chi connectivity index (χ3n) is 3.66. The van der Waals surface area contributed by atoms with Crippen LogP contribution in [-0.2, 0) is 0 Å². The van der Waals surface area contributed by atoms with Gasteiger partial charge in [-0.15, -0.1) is 0 Å². The highest BCUT2D eigenvalue weighted by molar-refractivity contribution is 5.58. The summed E-state index contributed by atoms with van der Waals surface area (Å²) in [5, 5.41) is 7.09. The van der Waals surface area contributed by atoms with Gasteiger partial charge in [0.05, 0.1) is 0 Å². The molecular weight excluding hydrogens is 208 g/mol. The van der Waals surface area contributed by atoms with Crippen molar-refractivity contribution < 1.29 is 0 Å². The smallest absolute Gasteiger partial charge is 0.0405 e. The van der Waals surface area contributed by atoms with Crippen LogP contribution in [0.1, 0.15) is 37.3 Å². The first-order chi connectivity index (χ1) is 8.18. The van der Waals surface area contributed by atoms with Crippen molar-refractivity contribution in [2.24, 2.45) is 5.92 Å². The molecule has 0 amide bonds. The van der Waals surface area contributed by atoms with Crippen LogP contribution in [0.4, 0.5) is 5.69 Å². The molecule has 2 rings (SSSR count). The quantitative estimate of drug-likeness (QED) is 0.833. The zero-order valence-corrected chi connectivity index (χ0v) is 11.2. The second-order valence-corrected chi connectivity index (χ2v) is 5.43. The molecule has 2 N–H and O–H groups in total. The Hall–Kier alpha value is -1.02. The third kappa shape index (κ3) is 3.01. The first-order valence-corrected chi connectivity index (χ1v) is 6.72. The molecule has 1 heterocycles. The van der Waals surface area contributed by atoms with Crippen LogP contribution in [-0.4, -0.2) is 19.6 Å². The van der Waals surface area contributed by atoms with Crippen LogP contribution in [0.15, 0.2) is 18.2 Å². The van der Waals surface area contributed by atoms with E-state index in [4.69, 9.17) is 0 Å². The predicted octanol–water partition coefficient (Wildman–Crippen LogP) is 3.14. The number of benzene rings is 1. The molecule has 0 saturated carbocycles. The van der Waals surface area contributed by atoms with Gasteiger partial charge in [0.25, 0.3) is 0 Å². The maximum Gasteiger partial charge on any atom is 0.0405 e. The fourth-order valence-electron chi connectivity index (χ4n) is 2.55. The maximum absolute atomic E-state index is 3.66. The molecule has 0 aromatic heterocycles. The van der Waals surface area contributed by atoms with E-state index in [1.807, 2.05) is 0 Å². The Labute approximate surface area is 105 Å². The zero-order chi connectivity index (χ0) is 12.3. The average molecular weight is 232 g/mol. The Balaban J connectivity index is 2.07. The Morgan fingerprint density at radius 3 is 2.88 bits per heavy atom. The molecule has 94 valence electrons. The van der Waals surface area contributed by atoms with Crippen molar-refractivity contribution in [3.8, 4) is 0 Å².